The highest BCUT2D eigenvalue weighted by atomic mass is 19.1. The molecule has 3 fully saturated rings. The maximum atomic E-state index is 16.0. The van der Waals surface area contributed by atoms with Gasteiger partial charge in [-0.1, -0.05) is 24.3 Å². The highest BCUT2D eigenvalue weighted by Crippen LogP contribution is 2.51. The molecule has 0 radical (unpaired) electrons. The number of nitrogens with zero attached hydrogens (tertiary/aromatic N) is 5. The molecule has 3 N–H and O–H groups in total. The lowest BCUT2D eigenvalue weighted by Crippen LogP contribution is -2.47. The van der Waals surface area contributed by atoms with Gasteiger partial charge in [-0.15, -0.1) is 0 Å². The third-order valence-corrected chi connectivity index (χ3v) is 11.5. The van der Waals surface area contributed by atoms with Crippen LogP contribution in [0.1, 0.15) is 53.3 Å². The molecule has 3 amide bonds. The number of aromatic nitrogens is 4. The SMILES string of the molecule is Cn1c(=O)n(C2CCC(=O)NC2=O)c2cccc(CCN3CCN(c4ccc(-c5nccc(-c6cc7c([nH]6)C6(CC6)CNC7=O)c5F)cc4)CC3)c21. The molecule has 3 aliphatic heterocycles. The summed E-state index contributed by atoms with van der Waals surface area (Å²) in [4.78, 5) is 62.7. The summed E-state index contributed by atoms with van der Waals surface area (Å²) in [5, 5.41) is 5.35. The Labute approximate surface area is 298 Å². The number of benzene rings is 2. The Balaban J connectivity index is 0.857. The first-order valence-corrected chi connectivity index (χ1v) is 18.0. The average molecular weight is 703 g/mol. The number of aromatic amines is 1. The zero-order chi connectivity index (χ0) is 35.7. The summed E-state index contributed by atoms with van der Waals surface area (Å²) in [6.45, 7) is 4.85. The van der Waals surface area contributed by atoms with Gasteiger partial charge in [-0.2, -0.15) is 0 Å². The van der Waals surface area contributed by atoms with E-state index in [1.807, 2.05) is 42.5 Å². The smallest absolute Gasteiger partial charge is 0.329 e. The number of piperidine rings is 1. The standard InChI is InChI=1S/C39H39FN8O4/c1-45-34-24(3-2-4-29(34)48(38(45)52)30-9-10-31(49)44-37(30)51)12-16-46-17-19-47(20-18-46)25-7-5-23(6-8-25)33-32(40)26(11-15-41-33)28-21-27-35(43-28)39(13-14-39)22-42-36(27)50/h2-8,11,15,21,30,43H,9-10,12-14,16-20,22H2,1H3,(H,42,50)(H,44,49,51). The van der Waals surface area contributed by atoms with E-state index >= 15 is 4.39 Å². The number of imidazole rings is 1. The Morgan fingerprint density at radius 1 is 0.962 bits per heavy atom. The van der Waals surface area contributed by atoms with Crippen LogP contribution < -0.4 is 21.2 Å². The van der Waals surface area contributed by atoms with Gasteiger partial charge in [-0.3, -0.25) is 38.7 Å². The van der Waals surface area contributed by atoms with E-state index in [1.54, 1.807) is 29.9 Å². The molecule has 1 aliphatic carbocycles. The van der Waals surface area contributed by atoms with Crippen molar-refractivity contribution in [2.75, 3.05) is 44.2 Å². The second kappa shape index (κ2) is 12.3. The topological polar surface area (TPSA) is 137 Å². The Morgan fingerprint density at radius 3 is 2.50 bits per heavy atom. The molecule has 1 saturated carbocycles. The van der Waals surface area contributed by atoms with Gasteiger partial charge in [0.25, 0.3) is 5.91 Å². The molecule has 12 nitrogen and oxygen atoms in total. The van der Waals surface area contributed by atoms with E-state index in [2.05, 4.69) is 30.4 Å². The highest BCUT2D eigenvalue weighted by Gasteiger charge is 2.50. The number of para-hydroxylation sites is 1. The first-order valence-electron chi connectivity index (χ1n) is 18.0. The maximum absolute atomic E-state index is 16.0. The summed E-state index contributed by atoms with van der Waals surface area (Å²) in [6, 6.07) is 16.4. The van der Waals surface area contributed by atoms with E-state index in [0.717, 1.165) is 74.4 Å². The predicted molar refractivity (Wildman–Crippen MR) is 194 cm³/mol. The number of aryl methyl sites for hydroxylation is 1. The highest BCUT2D eigenvalue weighted by molar-refractivity contribution is 6.00. The number of halogens is 1. The zero-order valence-corrected chi connectivity index (χ0v) is 28.9. The summed E-state index contributed by atoms with van der Waals surface area (Å²) in [5.41, 5.74) is 6.79. The van der Waals surface area contributed by atoms with Crippen molar-refractivity contribution >= 4 is 34.4 Å². The molecular formula is C39H39FN8O4. The molecule has 9 rings (SSSR count). The predicted octanol–water partition coefficient (Wildman–Crippen LogP) is 3.65. The van der Waals surface area contributed by atoms with Gasteiger partial charge in [0, 0.05) is 92.6 Å². The van der Waals surface area contributed by atoms with Crippen molar-refractivity contribution in [1.82, 2.24) is 34.6 Å². The van der Waals surface area contributed by atoms with E-state index in [0.29, 0.717) is 40.9 Å². The fraction of sp³-hybridized carbons (Fsp3) is 0.359. The van der Waals surface area contributed by atoms with Crippen LogP contribution in [0.5, 0.6) is 0 Å². The average Bonchev–Trinajstić information content (AvgIpc) is 3.71. The van der Waals surface area contributed by atoms with Crippen molar-refractivity contribution < 1.29 is 18.8 Å². The second-order valence-corrected chi connectivity index (χ2v) is 14.5. The van der Waals surface area contributed by atoms with Crippen LogP contribution in [-0.4, -0.2) is 81.0 Å². The Morgan fingerprint density at radius 2 is 1.75 bits per heavy atom. The summed E-state index contributed by atoms with van der Waals surface area (Å²) >= 11 is 0. The van der Waals surface area contributed by atoms with E-state index in [-0.39, 0.29) is 35.0 Å². The van der Waals surface area contributed by atoms with Crippen LogP contribution in [-0.2, 0) is 28.5 Å². The number of imide groups is 1. The lowest BCUT2D eigenvalue weighted by molar-refractivity contribution is -0.135. The minimum Gasteiger partial charge on any atom is -0.369 e. The molecule has 1 unspecified atom stereocenters. The normalized spacial score (nSPS) is 19.9. The number of amides is 3. The number of carbonyl (C=O) groups is 3. The molecule has 13 heteroatoms. The largest absolute Gasteiger partial charge is 0.369 e. The van der Waals surface area contributed by atoms with Crippen molar-refractivity contribution in [2.24, 2.45) is 7.05 Å². The number of fused-ring (bicyclic) bond motifs is 3. The fourth-order valence-electron chi connectivity index (χ4n) is 8.35. The first kappa shape index (κ1) is 32.4. The maximum Gasteiger partial charge on any atom is 0.329 e. The van der Waals surface area contributed by atoms with Crippen molar-refractivity contribution in [3.8, 4) is 22.5 Å². The van der Waals surface area contributed by atoms with Crippen LogP contribution in [0.2, 0.25) is 0 Å². The molecule has 2 aromatic carbocycles. The van der Waals surface area contributed by atoms with Gasteiger partial charge < -0.3 is 15.2 Å². The van der Waals surface area contributed by atoms with E-state index in [9.17, 15) is 19.2 Å². The van der Waals surface area contributed by atoms with Crippen molar-refractivity contribution in [3.63, 3.8) is 0 Å². The number of H-pyrrole nitrogens is 1. The molecule has 52 heavy (non-hydrogen) atoms. The van der Waals surface area contributed by atoms with Crippen LogP contribution in [0.15, 0.2) is 65.6 Å². The third kappa shape index (κ3) is 5.33. The number of piperazine rings is 1. The second-order valence-electron chi connectivity index (χ2n) is 14.5. The number of rotatable bonds is 7. The minimum absolute atomic E-state index is 0.0425. The van der Waals surface area contributed by atoms with Gasteiger partial charge in [-0.25, -0.2) is 9.18 Å². The lowest BCUT2D eigenvalue weighted by atomic mass is 9.95. The number of hydrogen-bond donors (Lipinski definition) is 3. The Bertz CT molecular complexity index is 2330. The number of carbonyl (C=O) groups excluding carboxylic acids is 3. The molecule has 4 aliphatic rings. The molecular weight excluding hydrogens is 663 g/mol. The Kier molecular flexibility index (Phi) is 7.65. The molecule has 1 spiro atoms. The van der Waals surface area contributed by atoms with Gasteiger partial charge in [-0.05, 0) is 61.6 Å². The van der Waals surface area contributed by atoms with E-state index < -0.39 is 17.8 Å². The third-order valence-electron chi connectivity index (χ3n) is 11.5. The van der Waals surface area contributed by atoms with Crippen LogP contribution >= 0.6 is 0 Å². The number of nitrogens with one attached hydrogen (secondary N) is 3. The van der Waals surface area contributed by atoms with Crippen LogP contribution in [0.4, 0.5) is 10.1 Å². The lowest BCUT2D eigenvalue weighted by Gasteiger charge is -2.36. The minimum atomic E-state index is -0.706. The number of hydrogen-bond acceptors (Lipinski definition) is 7. The molecule has 6 heterocycles. The molecule has 266 valence electrons. The van der Waals surface area contributed by atoms with Crippen LogP contribution in [0.25, 0.3) is 33.5 Å². The van der Waals surface area contributed by atoms with Crippen molar-refractivity contribution in [2.45, 2.75) is 43.6 Å². The van der Waals surface area contributed by atoms with Crippen LogP contribution in [0, 0.1) is 5.82 Å². The summed E-state index contributed by atoms with van der Waals surface area (Å²) < 4.78 is 19.2. The van der Waals surface area contributed by atoms with Gasteiger partial charge in [0.2, 0.25) is 11.8 Å². The molecule has 2 saturated heterocycles. The monoisotopic (exact) mass is 702 g/mol. The fourth-order valence-corrected chi connectivity index (χ4v) is 8.35. The van der Waals surface area contributed by atoms with E-state index in [1.165, 1.54) is 4.57 Å². The molecule has 0 bridgehead atoms. The summed E-state index contributed by atoms with van der Waals surface area (Å²) in [7, 11) is 1.74. The summed E-state index contributed by atoms with van der Waals surface area (Å²) in [5.74, 6) is -1.28. The molecule has 1 atom stereocenters. The van der Waals surface area contributed by atoms with Gasteiger partial charge >= 0.3 is 5.69 Å². The summed E-state index contributed by atoms with van der Waals surface area (Å²) in [6.07, 6.45) is 4.89. The van der Waals surface area contributed by atoms with Crippen LogP contribution in [0.3, 0.4) is 0 Å². The Hall–Kier alpha value is -5.56. The molecule has 3 aromatic heterocycles. The van der Waals surface area contributed by atoms with Crippen molar-refractivity contribution in [1.29, 1.82) is 0 Å². The number of anilines is 1. The first-order chi connectivity index (χ1) is 25.2. The number of pyridine rings is 1. The van der Waals surface area contributed by atoms with E-state index in [4.69, 9.17) is 0 Å². The van der Waals surface area contributed by atoms with Gasteiger partial charge in [0.15, 0.2) is 5.82 Å². The van der Waals surface area contributed by atoms with Gasteiger partial charge in [0.1, 0.15) is 11.7 Å². The van der Waals surface area contributed by atoms with Gasteiger partial charge in [0.05, 0.1) is 16.6 Å². The molecule has 5 aromatic rings. The zero-order valence-electron chi connectivity index (χ0n) is 28.9. The quantitative estimate of drug-likeness (QED) is 0.220. The van der Waals surface area contributed by atoms with Crippen molar-refractivity contribution in [3.05, 3.63) is 93.9 Å².